The number of esters is 1. The number of ether oxygens (including phenoxy) is 1. The van der Waals surface area contributed by atoms with E-state index in [4.69, 9.17) is 4.74 Å². The summed E-state index contributed by atoms with van der Waals surface area (Å²) in [6.45, 7) is 6.46. The lowest BCUT2D eigenvalue weighted by molar-refractivity contribution is -0.147. The summed E-state index contributed by atoms with van der Waals surface area (Å²) in [6, 6.07) is 0. The van der Waals surface area contributed by atoms with Crippen LogP contribution in [0.3, 0.4) is 0 Å². The first-order chi connectivity index (χ1) is 7.87. The molecule has 1 heterocycles. The minimum absolute atomic E-state index is 0.0787. The third-order valence-corrected chi connectivity index (χ3v) is 4.13. The summed E-state index contributed by atoms with van der Waals surface area (Å²) in [6.07, 6.45) is 2.61. The Bertz CT molecular complexity index is 427. The summed E-state index contributed by atoms with van der Waals surface area (Å²) in [7, 11) is 1.46. The minimum Gasteiger partial charge on any atom is -0.469 e. The van der Waals surface area contributed by atoms with Gasteiger partial charge in [0.05, 0.1) is 23.2 Å². The van der Waals surface area contributed by atoms with Gasteiger partial charge in [0.2, 0.25) is 0 Å². The summed E-state index contributed by atoms with van der Waals surface area (Å²) < 4.78 is 4.86. The number of hydrogen-bond acceptors (Lipinski definition) is 4. The molecule has 2 rings (SSSR count). The number of carbonyl (C=O) groups is 1. The molecule has 0 radical (unpaired) electrons. The van der Waals surface area contributed by atoms with Crippen molar-refractivity contribution < 1.29 is 9.53 Å². The van der Waals surface area contributed by atoms with Crippen molar-refractivity contribution in [2.75, 3.05) is 7.11 Å². The summed E-state index contributed by atoms with van der Waals surface area (Å²) in [5, 5.41) is 3.15. The van der Waals surface area contributed by atoms with Crippen LogP contribution in [0.1, 0.15) is 44.3 Å². The fourth-order valence-electron chi connectivity index (χ4n) is 1.85. The Morgan fingerprint density at radius 1 is 1.53 bits per heavy atom. The van der Waals surface area contributed by atoms with Crippen LogP contribution in [0.15, 0.2) is 5.38 Å². The normalized spacial score (nSPS) is 17.9. The quantitative estimate of drug-likeness (QED) is 0.777. The summed E-state index contributed by atoms with van der Waals surface area (Å²) in [5.74, 6) is -0.0787. The van der Waals surface area contributed by atoms with Crippen molar-refractivity contribution in [2.24, 2.45) is 5.41 Å². The Labute approximate surface area is 106 Å². The summed E-state index contributed by atoms with van der Waals surface area (Å²) in [4.78, 5) is 16.3. The van der Waals surface area contributed by atoms with E-state index in [0.717, 1.165) is 30.0 Å². The van der Waals surface area contributed by atoms with E-state index in [2.05, 4.69) is 31.1 Å². The first kappa shape index (κ1) is 12.6. The highest BCUT2D eigenvalue weighted by molar-refractivity contribution is 7.09. The van der Waals surface area contributed by atoms with Gasteiger partial charge in [0.1, 0.15) is 0 Å². The molecule has 0 saturated heterocycles. The molecule has 1 aliphatic carbocycles. The molecule has 0 spiro atoms. The van der Waals surface area contributed by atoms with Crippen LogP contribution in [0.4, 0.5) is 0 Å². The minimum atomic E-state index is -0.262. The number of carbonyl (C=O) groups excluding carboxylic acids is 1. The average Bonchev–Trinajstić information content (AvgIpc) is 2.85. The molecule has 1 saturated carbocycles. The van der Waals surface area contributed by atoms with Crippen molar-refractivity contribution >= 4 is 17.3 Å². The van der Waals surface area contributed by atoms with Crippen LogP contribution in [-0.2, 0) is 21.4 Å². The van der Waals surface area contributed by atoms with Gasteiger partial charge in [0, 0.05) is 17.2 Å². The fourth-order valence-corrected chi connectivity index (χ4v) is 3.01. The third kappa shape index (κ3) is 2.51. The lowest BCUT2D eigenvalue weighted by Gasteiger charge is -2.14. The predicted molar refractivity (Wildman–Crippen MR) is 68.2 cm³/mol. The van der Waals surface area contributed by atoms with Gasteiger partial charge in [-0.05, 0) is 12.8 Å². The van der Waals surface area contributed by atoms with E-state index < -0.39 is 0 Å². The molecule has 0 aliphatic heterocycles. The molecule has 1 aliphatic rings. The molecule has 17 heavy (non-hydrogen) atoms. The lowest BCUT2D eigenvalue weighted by Crippen LogP contribution is -2.20. The van der Waals surface area contributed by atoms with Gasteiger partial charge in [-0.1, -0.05) is 20.8 Å². The molecule has 3 nitrogen and oxygen atoms in total. The second kappa shape index (κ2) is 4.09. The molecule has 1 fully saturated rings. The molecule has 0 unspecified atom stereocenters. The van der Waals surface area contributed by atoms with Gasteiger partial charge in [-0.25, -0.2) is 4.98 Å². The monoisotopic (exact) mass is 253 g/mol. The Hall–Kier alpha value is -0.900. The Balaban J connectivity index is 2.10. The van der Waals surface area contributed by atoms with Crippen LogP contribution in [0, 0.1) is 5.41 Å². The standard InChI is InChI=1S/C13H19NO2S/c1-12(2,3)9-8-17-10(14-9)7-13(5-6-13)11(15)16-4/h8H,5-7H2,1-4H3. The molecule has 1 aromatic rings. The Kier molecular flexibility index (Phi) is 3.02. The smallest absolute Gasteiger partial charge is 0.312 e. The van der Waals surface area contributed by atoms with E-state index in [1.807, 2.05) is 0 Å². The zero-order valence-corrected chi connectivity index (χ0v) is 11.7. The van der Waals surface area contributed by atoms with Crippen LogP contribution >= 0.6 is 11.3 Å². The number of methoxy groups -OCH3 is 1. The maximum atomic E-state index is 11.7. The van der Waals surface area contributed by atoms with Crippen molar-refractivity contribution in [2.45, 2.75) is 45.4 Å². The number of thiazole rings is 1. The largest absolute Gasteiger partial charge is 0.469 e. The molecule has 0 N–H and O–H groups in total. The van der Waals surface area contributed by atoms with Gasteiger partial charge in [0.25, 0.3) is 0 Å². The average molecular weight is 253 g/mol. The third-order valence-electron chi connectivity index (χ3n) is 3.28. The van der Waals surface area contributed by atoms with Gasteiger partial charge < -0.3 is 4.74 Å². The van der Waals surface area contributed by atoms with E-state index in [1.54, 1.807) is 11.3 Å². The Morgan fingerprint density at radius 3 is 2.59 bits per heavy atom. The van der Waals surface area contributed by atoms with Crippen molar-refractivity contribution in [3.63, 3.8) is 0 Å². The Morgan fingerprint density at radius 2 is 2.18 bits per heavy atom. The molecule has 0 amide bonds. The zero-order chi connectivity index (χ0) is 12.7. The number of rotatable bonds is 3. The topological polar surface area (TPSA) is 39.2 Å². The van der Waals surface area contributed by atoms with Crippen LogP contribution < -0.4 is 0 Å². The molecule has 0 aromatic carbocycles. The molecule has 94 valence electrons. The van der Waals surface area contributed by atoms with E-state index in [-0.39, 0.29) is 16.8 Å². The zero-order valence-electron chi connectivity index (χ0n) is 10.9. The first-order valence-electron chi connectivity index (χ1n) is 5.91. The highest BCUT2D eigenvalue weighted by Crippen LogP contribution is 2.49. The molecular formula is C13H19NO2S. The first-order valence-corrected chi connectivity index (χ1v) is 6.79. The highest BCUT2D eigenvalue weighted by atomic mass is 32.1. The lowest BCUT2D eigenvalue weighted by atomic mass is 9.93. The van der Waals surface area contributed by atoms with Gasteiger partial charge in [-0.2, -0.15) is 0 Å². The van der Waals surface area contributed by atoms with Gasteiger partial charge >= 0.3 is 5.97 Å². The highest BCUT2D eigenvalue weighted by Gasteiger charge is 2.51. The van der Waals surface area contributed by atoms with E-state index in [0.29, 0.717) is 0 Å². The predicted octanol–water partition coefficient (Wildman–Crippen LogP) is 2.94. The van der Waals surface area contributed by atoms with Gasteiger partial charge in [0.15, 0.2) is 0 Å². The maximum Gasteiger partial charge on any atom is 0.312 e. The number of hydrogen-bond donors (Lipinski definition) is 0. The second-order valence-electron chi connectivity index (χ2n) is 5.83. The van der Waals surface area contributed by atoms with Crippen molar-refractivity contribution in [1.82, 2.24) is 4.98 Å². The van der Waals surface area contributed by atoms with E-state index in [9.17, 15) is 4.79 Å². The van der Waals surface area contributed by atoms with E-state index in [1.165, 1.54) is 7.11 Å². The number of nitrogens with zero attached hydrogens (tertiary/aromatic N) is 1. The van der Waals surface area contributed by atoms with E-state index >= 15 is 0 Å². The molecule has 0 bridgehead atoms. The molecular weight excluding hydrogens is 234 g/mol. The molecule has 1 aromatic heterocycles. The molecule has 4 heteroatoms. The summed E-state index contributed by atoms with van der Waals surface area (Å²) in [5.41, 5.74) is 0.927. The number of aromatic nitrogens is 1. The summed E-state index contributed by atoms with van der Waals surface area (Å²) >= 11 is 1.65. The SMILES string of the molecule is COC(=O)C1(Cc2nc(C(C)(C)C)cs2)CC1. The van der Waals surface area contributed by atoms with Gasteiger partial charge in [-0.3, -0.25) is 4.79 Å². The van der Waals surface area contributed by atoms with Crippen LogP contribution in [0.5, 0.6) is 0 Å². The van der Waals surface area contributed by atoms with Crippen LogP contribution in [0.25, 0.3) is 0 Å². The van der Waals surface area contributed by atoms with Crippen molar-refractivity contribution in [3.05, 3.63) is 16.1 Å². The maximum absolute atomic E-state index is 11.7. The van der Waals surface area contributed by atoms with Crippen LogP contribution in [0.2, 0.25) is 0 Å². The van der Waals surface area contributed by atoms with Crippen molar-refractivity contribution in [3.8, 4) is 0 Å². The second-order valence-corrected chi connectivity index (χ2v) is 6.77. The fraction of sp³-hybridized carbons (Fsp3) is 0.692. The van der Waals surface area contributed by atoms with Gasteiger partial charge in [-0.15, -0.1) is 11.3 Å². The molecule has 0 atom stereocenters. The van der Waals surface area contributed by atoms with Crippen molar-refractivity contribution in [1.29, 1.82) is 0 Å². The van der Waals surface area contributed by atoms with Crippen LogP contribution in [-0.4, -0.2) is 18.1 Å².